The standard InChI is InChI=1S/C24H26F4O2/c1-3-4-17-6-10-19(11-7-17)29-15-24(27,28)30-20-12-8-18(9-13-20)21-14-5-16(2)22(25)23(21)26/h3-5,8-9,12-14,17,19H,6-7,10-11,15H2,1-2H3/b4-3+. The van der Waals surface area contributed by atoms with Crippen molar-refractivity contribution < 1.29 is 27.0 Å². The van der Waals surface area contributed by atoms with Crippen molar-refractivity contribution >= 4 is 0 Å². The van der Waals surface area contributed by atoms with Crippen molar-refractivity contribution in [1.29, 1.82) is 0 Å². The first-order valence-electron chi connectivity index (χ1n) is 10.2. The lowest BCUT2D eigenvalue weighted by Crippen LogP contribution is -2.34. The zero-order chi connectivity index (χ0) is 21.7. The van der Waals surface area contributed by atoms with Gasteiger partial charge in [0.2, 0.25) is 0 Å². The molecule has 0 amide bonds. The molecule has 6 heteroatoms. The Labute approximate surface area is 174 Å². The van der Waals surface area contributed by atoms with Crippen LogP contribution < -0.4 is 4.74 Å². The lowest BCUT2D eigenvalue weighted by molar-refractivity contribution is -0.222. The molecule has 1 fully saturated rings. The molecule has 0 unspecified atom stereocenters. The number of benzene rings is 2. The van der Waals surface area contributed by atoms with Crippen LogP contribution in [0.3, 0.4) is 0 Å². The first kappa shape index (κ1) is 22.3. The minimum Gasteiger partial charge on any atom is -0.431 e. The monoisotopic (exact) mass is 422 g/mol. The molecule has 162 valence electrons. The normalized spacial score (nSPS) is 19.9. The van der Waals surface area contributed by atoms with E-state index in [9.17, 15) is 17.6 Å². The van der Waals surface area contributed by atoms with Crippen LogP contribution in [0.5, 0.6) is 5.75 Å². The third-order valence-corrected chi connectivity index (χ3v) is 5.38. The highest BCUT2D eigenvalue weighted by Gasteiger charge is 2.34. The zero-order valence-corrected chi connectivity index (χ0v) is 17.1. The van der Waals surface area contributed by atoms with Crippen LogP contribution in [0.25, 0.3) is 11.1 Å². The van der Waals surface area contributed by atoms with E-state index >= 15 is 0 Å². The van der Waals surface area contributed by atoms with Crippen LogP contribution in [0.15, 0.2) is 48.6 Å². The van der Waals surface area contributed by atoms with Gasteiger partial charge in [0.15, 0.2) is 18.2 Å². The molecule has 0 N–H and O–H groups in total. The summed E-state index contributed by atoms with van der Waals surface area (Å²) in [4.78, 5) is 0. The fourth-order valence-corrected chi connectivity index (χ4v) is 3.71. The summed E-state index contributed by atoms with van der Waals surface area (Å²) in [6.07, 6.45) is 3.85. The van der Waals surface area contributed by atoms with Crippen LogP contribution in [0.4, 0.5) is 17.6 Å². The molecule has 1 saturated carbocycles. The summed E-state index contributed by atoms with van der Waals surface area (Å²) in [5.74, 6) is -1.46. The van der Waals surface area contributed by atoms with E-state index in [-0.39, 0.29) is 23.0 Å². The Kier molecular flexibility index (Phi) is 7.19. The van der Waals surface area contributed by atoms with Gasteiger partial charge in [-0.05, 0) is 68.7 Å². The molecule has 0 heterocycles. The molecule has 0 atom stereocenters. The number of rotatable bonds is 7. The first-order chi connectivity index (χ1) is 14.3. The summed E-state index contributed by atoms with van der Waals surface area (Å²) in [6.45, 7) is 2.62. The molecule has 0 spiro atoms. The van der Waals surface area contributed by atoms with Gasteiger partial charge in [-0.15, -0.1) is 0 Å². The van der Waals surface area contributed by atoms with Gasteiger partial charge in [0, 0.05) is 5.56 Å². The summed E-state index contributed by atoms with van der Waals surface area (Å²) in [5, 5.41) is 0. The van der Waals surface area contributed by atoms with E-state index in [0.717, 1.165) is 25.7 Å². The van der Waals surface area contributed by atoms with E-state index in [1.54, 1.807) is 0 Å². The molecular weight excluding hydrogens is 396 g/mol. The molecule has 0 radical (unpaired) electrons. The van der Waals surface area contributed by atoms with Crippen molar-refractivity contribution in [2.45, 2.75) is 51.7 Å². The molecule has 0 aliphatic heterocycles. The Bertz CT molecular complexity index is 870. The largest absolute Gasteiger partial charge is 0.431 e. The number of allylic oxidation sites excluding steroid dienone is 2. The lowest BCUT2D eigenvalue weighted by Gasteiger charge is -2.28. The predicted molar refractivity (Wildman–Crippen MR) is 109 cm³/mol. The second kappa shape index (κ2) is 9.65. The topological polar surface area (TPSA) is 18.5 Å². The fourth-order valence-electron chi connectivity index (χ4n) is 3.71. The molecule has 1 aliphatic carbocycles. The number of alkyl halides is 2. The molecule has 1 aliphatic rings. The van der Waals surface area contributed by atoms with E-state index in [4.69, 9.17) is 9.47 Å². The lowest BCUT2D eigenvalue weighted by atomic mass is 9.87. The molecule has 30 heavy (non-hydrogen) atoms. The first-order valence-corrected chi connectivity index (χ1v) is 10.2. The predicted octanol–water partition coefficient (Wildman–Crippen LogP) is 7.06. The minimum atomic E-state index is -3.48. The SMILES string of the molecule is C/C=C/C1CCC(OCC(F)(F)Oc2ccc(-c3ccc(C)c(F)c3F)cc2)CC1. The number of aryl methyl sites for hydroxylation is 1. The maximum atomic E-state index is 14.2. The molecule has 3 rings (SSSR count). The molecule has 0 bridgehead atoms. The number of hydrogen-bond donors (Lipinski definition) is 0. The maximum absolute atomic E-state index is 14.2. The van der Waals surface area contributed by atoms with Gasteiger partial charge in [-0.3, -0.25) is 0 Å². The van der Waals surface area contributed by atoms with Crippen molar-refractivity contribution in [3.63, 3.8) is 0 Å². The number of ether oxygens (including phenoxy) is 2. The van der Waals surface area contributed by atoms with Crippen molar-refractivity contribution in [1.82, 2.24) is 0 Å². The Morgan fingerprint density at radius 2 is 1.63 bits per heavy atom. The van der Waals surface area contributed by atoms with Crippen LogP contribution in [-0.4, -0.2) is 18.8 Å². The van der Waals surface area contributed by atoms with Crippen molar-refractivity contribution in [3.05, 3.63) is 65.7 Å². The van der Waals surface area contributed by atoms with Gasteiger partial charge >= 0.3 is 6.11 Å². The smallest absolute Gasteiger partial charge is 0.421 e. The third kappa shape index (κ3) is 5.63. The van der Waals surface area contributed by atoms with Gasteiger partial charge in [-0.1, -0.05) is 36.4 Å². The van der Waals surface area contributed by atoms with Gasteiger partial charge < -0.3 is 9.47 Å². The minimum absolute atomic E-state index is 0.0632. The van der Waals surface area contributed by atoms with E-state index in [1.165, 1.54) is 43.3 Å². The highest BCUT2D eigenvalue weighted by molar-refractivity contribution is 5.65. The average molecular weight is 422 g/mol. The van der Waals surface area contributed by atoms with Crippen molar-refractivity contribution in [2.24, 2.45) is 5.92 Å². The molecular formula is C24H26F4O2. The Balaban J connectivity index is 1.56. The highest BCUT2D eigenvalue weighted by Crippen LogP contribution is 2.31. The summed E-state index contributed by atoms with van der Waals surface area (Å²) in [6, 6.07) is 8.38. The fraction of sp³-hybridized carbons (Fsp3) is 0.417. The molecule has 0 aromatic heterocycles. The summed E-state index contributed by atoms with van der Waals surface area (Å²) < 4.78 is 66.4. The Morgan fingerprint density at radius 3 is 2.27 bits per heavy atom. The van der Waals surface area contributed by atoms with Gasteiger partial charge in [0.1, 0.15) is 5.75 Å². The van der Waals surface area contributed by atoms with E-state index in [1.807, 2.05) is 13.0 Å². The third-order valence-electron chi connectivity index (χ3n) is 5.38. The second-order valence-electron chi connectivity index (χ2n) is 7.70. The second-order valence-corrected chi connectivity index (χ2v) is 7.70. The Morgan fingerprint density at radius 1 is 0.967 bits per heavy atom. The average Bonchev–Trinajstić information content (AvgIpc) is 2.73. The molecule has 2 nitrogen and oxygen atoms in total. The van der Waals surface area contributed by atoms with E-state index in [2.05, 4.69) is 6.08 Å². The van der Waals surface area contributed by atoms with E-state index < -0.39 is 24.3 Å². The van der Waals surface area contributed by atoms with Gasteiger partial charge in [0.05, 0.1) is 6.10 Å². The van der Waals surface area contributed by atoms with Gasteiger partial charge in [-0.2, -0.15) is 8.78 Å². The quantitative estimate of drug-likeness (QED) is 0.351. The van der Waals surface area contributed by atoms with Crippen LogP contribution in [-0.2, 0) is 4.74 Å². The molecule has 0 saturated heterocycles. The number of halogens is 4. The highest BCUT2D eigenvalue weighted by atomic mass is 19.3. The van der Waals surface area contributed by atoms with Crippen molar-refractivity contribution in [3.8, 4) is 16.9 Å². The van der Waals surface area contributed by atoms with Crippen LogP contribution in [0.1, 0.15) is 38.2 Å². The van der Waals surface area contributed by atoms with Crippen molar-refractivity contribution in [2.75, 3.05) is 6.61 Å². The van der Waals surface area contributed by atoms with Gasteiger partial charge in [0.25, 0.3) is 0 Å². The molecule has 2 aromatic rings. The Hall–Kier alpha value is -2.34. The van der Waals surface area contributed by atoms with Crippen LogP contribution in [0.2, 0.25) is 0 Å². The van der Waals surface area contributed by atoms with Crippen LogP contribution >= 0.6 is 0 Å². The summed E-state index contributed by atoms with van der Waals surface area (Å²) >= 11 is 0. The van der Waals surface area contributed by atoms with Gasteiger partial charge in [-0.25, -0.2) is 8.78 Å². The summed E-state index contributed by atoms with van der Waals surface area (Å²) in [7, 11) is 0. The molecule has 2 aromatic carbocycles. The van der Waals surface area contributed by atoms with E-state index in [0.29, 0.717) is 11.5 Å². The summed E-state index contributed by atoms with van der Waals surface area (Å²) in [5.41, 5.74) is 0.635. The maximum Gasteiger partial charge on any atom is 0.421 e. The zero-order valence-electron chi connectivity index (χ0n) is 17.1. The number of hydrogen-bond acceptors (Lipinski definition) is 2. The van der Waals surface area contributed by atoms with Crippen LogP contribution in [0, 0.1) is 24.5 Å².